The molecule has 2 N–H and O–H groups in total. The van der Waals surface area contributed by atoms with Gasteiger partial charge in [0, 0.05) is 19.6 Å². The summed E-state index contributed by atoms with van der Waals surface area (Å²) in [6, 6.07) is 6.26. The van der Waals surface area contributed by atoms with Gasteiger partial charge in [-0.3, -0.25) is 4.79 Å². The number of carbonyl (C=O) groups is 2. The van der Waals surface area contributed by atoms with Crippen LogP contribution >= 0.6 is 0 Å². The summed E-state index contributed by atoms with van der Waals surface area (Å²) in [7, 11) is 0. The molecule has 158 valence electrons. The van der Waals surface area contributed by atoms with E-state index in [2.05, 4.69) is 28.6 Å². The van der Waals surface area contributed by atoms with Crippen molar-refractivity contribution in [2.75, 3.05) is 13.1 Å². The van der Waals surface area contributed by atoms with Crippen LogP contribution in [0.25, 0.3) is 11.0 Å². The maximum Gasteiger partial charge on any atom is 0.407 e. The van der Waals surface area contributed by atoms with E-state index in [1.807, 2.05) is 12.4 Å². The fraction of sp³-hybridized carbons (Fsp3) is 0.591. The van der Waals surface area contributed by atoms with Crippen LogP contribution in [0.15, 0.2) is 24.5 Å². The zero-order chi connectivity index (χ0) is 21.2. The van der Waals surface area contributed by atoms with Crippen molar-refractivity contribution >= 4 is 23.1 Å². The first-order chi connectivity index (χ1) is 13.7. The van der Waals surface area contributed by atoms with Crippen LogP contribution in [0.4, 0.5) is 4.79 Å². The molecule has 7 heteroatoms. The minimum absolute atomic E-state index is 0.00423. The minimum Gasteiger partial charge on any atom is -0.481 e. The number of hydrogen-bond donors (Lipinski definition) is 2. The Morgan fingerprint density at radius 2 is 1.97 bits per heavy atom. The fourth-order valence-corrected chi connectivity index (χ4v) is 4.39. The zero-order valence-electron chi connectivity index (χ0n) is 17.5. The van der Waals surface area contributed by atoms with E-state index in [0.717, 1.165) is 43.3 Å². The Balaban J connectivity index is 1.65. The highest BCUT2D eigenvalue weighted by Gasteiger charge is 2.33. The molecule has 1 aliphatic carbocycles. The molecule has 1 aromatic heterocycles. The quantitative estimate of drug-likeness (QED) is 0.723. The monoisotopic (exact) mass is 401 g/mol. The SMILES string of the molecule is Cc1ccc2ncn(CC3CCCC(CN(CC(C)(C)C(=O)O)C(=O)O)C3)c2c1. The molecule has 0 aliphatic heterocycles. The highest BCUT2D eigenvalue weighted by molar-refractivity contribution is 5.76. The largest absolute Gasteiger partial charge is 0.481 e. The Labute approximate surface area is 171 Å². The van der Waals surface area contributed by atoms with Crippen molar-refractivity contribution in [1.29, 1.82) is 0 Å². The second-order valence-corrected chi connectivity index (χ2v) is 9.14. The molecule has 1 saturated carbocycles. The molecule has 1 heterocycles. The summed E-state index contributed by atoms with van der Waals surface area (Å²) in [5.41, 5.74) is 2.25. The normalized spacial score (nSPS) is 20.0. The lowest BCUT2D eigenvalue weighted by atomic mass is 9.80. The predicted molar refractivity (Wildman–Crippen MR) is 111 cm³/mol. The molecular weight excluding hydrogens is 370 g/mol. The maximum absolute atomic E-state index is 11.7. The molecule has 3 rings (SSSR count). The molecule has 29 heavy (non-hydrogen) atoms. The molecule has 1 aromatic carbocycles. The molecular formula is C22H31N3O4. The Bertz CT molecular complexity index is 889. The van der Waals surface area contributed by atoms with Gasteiger partial charge in [-0.25, -0.2) is 9.78 Å². The van der Waals surface area contributed by atoms with Crippen molar-refractivity contribution in [2.24, 2.45) is 17.3 Å². The standard InChI is InChI=1S/C22H31N3O4/c1-15-7-8-18-19(9-15)25(14-23-18)12-17-6-4-5-16(10-17)11-24(21(28)29)13-22(2,3)20(26)27/h7-9,14,16-17H,4-6,10-13H2,1-3H3,(H,26,27)(H,28,29). The van der Waals surface area contributed by atoms with Gasteiger partial charge in [0.05, 0.1) is 22.8 Å². The number of carboxylic acids is 1. The van der Waals surface area contributed by atoms with Gasteiger partial charge in [-0.2, -0.15) is 0 Å². The lowest BCUT2D eigenvalue weighted by Crippen LogP contribution is -2.44. The number of imidazole rings is 1. The average molecular weight is 402 g/mol. The summed E-state index contributed by atoms with van der Waals surface area (Å²) in [6.07, 6.45) is 4.97. The van der Waals surface area contributed by atoms with E-state index < -0.39 is 17.5 Å². The lowest BCUT2D eigenvalue weighted by molar-refractivity contribution is -0.147. The summed E-state index contributed by atoms with van der Waals surface area (Å²) in [6.45, 7) is 6.50. The fourth-order valence-electron chi connectivity index (χ4n) is 4.39. The van der Waals surface area contributed by atoms with Crippen LogP contribution < -0.4 is 0 Å². The van der Waals surface area contributed by atoms with Gasteiger partial charge in [-0.1, -0.05) is 12.5 Å². The van der Waals surface area contributed by atoms with Crippen LogP contribution in [0.3, 0.4) is 0 Å². The molecule has 1 aliphatic rings. The summed E-state index contributed by atoms with van der Waals surface area (Å²) < 4.78 is 2.21. The number of fused-ring (bicyclic) bond motifs is 1. The Kier molecular flexibility index (Phi) is 6.15. The topological polar surface area (TPSA) is 95.7 Å². The van der Waals surface area contributed by atoms with Gasteiger partial charge in [0.2, 0.25) is 0 Å². The second-order valence-electron chi connectivity index (χ2n) is 9.14. The number of nitrogens with zero attached hydrogens (tertiary/aromatic N) is 3. The number of benzene rings is 1. The van der Waals surface area contributed by atoms with E-state index >= 15 is 0 Å². The van der Waals surface area contributed by atoms with Crippen molar-refractivity contribution < 1.29 is 19.8 Å². The first kappa shape index (κ1) is 21.1. The van der Waals surface area contributed by atoms with E-state index in [-0.39, 0.29) is 12.5 Å². The van der Waals surface area contributed by atoms with Crippen molar-refractivity contribution in [3.8, 4) is 0 Å². The van der Waals surface area contributed by atoms with Crippen LogP contribution in [-0.2, 0) is 11.3 Å². The maximum atomic E-state index is 11.7. The number of aromatic nitrogens is 2. The predicted octanol–water partition coefficient (Wildman–Crippen LogP) is 4.24. The van der Waals surface area contributed by atoms with E-state index in [0.29, 0.717) is 12.5 Å². The van der Waals surface area contributed by atoms with Crippen molar-refractivity contribution in [1.82, 2.24) is 14.5 Å². The van der Waals surface area contributed by atoms with Gasteiger partial charge in [0.1, 0.15) is 0 Å². The summed E-state index contributed by atoms with van der Waals surface area (Å²) >= 11 is 0. The van der Waals surface area contributed by atoms with Gasteiger partial charge in [0.25, 0.3) is 0 Å². The number of carboxylic acid groups (broad SMARTS) is 2. The van der Waals surface area contributed by atoms with Gasteiger partial charge < -0.3 is 19.7 Å². The van der Waals surface area contributed by atoms with Crippen LogP contribution in [0.5, 0.6) is 0 Å². The van der Waals surface area contributed by atoms with E-state index in [1.54, 1.807) is 13.8 Å². The molecule has 2 atom stereocenters. The van der Waals surface area contributed by atoms with Gasteiger partial charge in [0.15, 0.2) is 0 Å². The third kappa shape index (κ3) is 5.08. The van der Waals surface area contributed by atoms with Gasteiger partial charge in [-0.05, 0) is 69.6 Å². The zero-order valence-corrected chi connectivity index (χ0v) is 17.5. The van der Waals surface area contributed by atoms with Gasteiger partial charge >= 0.3 is 12.1 Å². The number of hydrogen-bond acceptors (Lipinski definition) is 3. The second kappa shape index (κ2) is 8.43. The average Bonchev–Trinajstić information content (AvgIpc) is 3.03. The van der Waals surface area contributed by atoms with E-state index in [9.17, 15) is 19.8 Å². The third-order valence-electron chi connectivity index (χ3n) is 6.04. The number of rotatable bonds is 7. The molecule has 7 nitrogen and oxygen atoms in total. The number of amides is 1. The van der Waals surface area contributed by atoms with Crippen LogP contribution in [0, 0.1) is 24.2 Å². The summed E-state index contributed by atoms with van der Waals surface area (Å²) in [4.78, 5) is 28.9. The summed E-state index contributed by atoms with van der Waals surface area (Å²) in [5.74, 6) is -0.256. The Morgan fingerprint density at radius 1 is 1.24 bits per heavy atom. The number of aryl methyl sites for hydroxylation is 1. The van der Waals surface area contributed by atoms with Crippen LogP contribution in [0.2, 0.25) is 0 Å². The molecule has 0 spiro atoms. The lowest BCUT2D eigenvalue weighted by Gasteiger charge is -2.34. The molecule has 1 fully saturated rings. The minimum atomic E-state index is -1.10. The molecule has 2 aromatic rings. The first-order valence-corrected chi connectivity index (χ1v) is 10.3. The van der Waals surface area contributed by atoms with E-state index in [1.165, 1.54) is 10.5 Å². The Hall–Kier alpha value is -2.57. The number of aliphatic carboxylic acids is 1. The first-order valence-electron chi connectivity index (χ1n) is 10.3. The highest BCUT2D eigenvalue weighted by atomic mass is 16.4. The van der Waals surface area contributed by atoms with Crippen molar-refractivity contribution in [2.45, 2.75) is 53.0 Å². The summed E-state index contributed by atoms with van der Waals surface area (Å²) in [5, 5.41) is 18.9. The smallest absolute Gasteiger partial charge is 0.407 e. The van der Waals surface area contributed by atoms with Crippen molar-refractivity contribution in [3.63, 3.8) is 0 Å². The van der Waals surface area contributed by atoms with E-state index in [4.69, 9.17) is 0 Å². The van der Waals surface area contributed by atoms with Crippen LogP contribution in [-0.4, -0.2) is 49.8 Å². The molecule has 2 unspecified atom stereocenters. The molecule has 0 saturated heterocycles. The highest BCUT2D eigenvalue weighted by Crippen LogP contribution is 2.32. The molecule has 1 amide bonds. The van der Waals surface area contributed by atoms with Gasteiger partial charge in [-0.15, -0.1) is 0 Å². The molecule has 0 radical (unpaired) electrons. The van der Waals surface area contributed by atoms with Crippen molar-refractivity contribution in [3.05, 3.63) is 30.1 Å². The third-order valence-corrected chi connectivity index (χ3v) is 6.04. The van der Waals surface area contributed by atoms with Crippen LogP contribution in [0.1, 0.15) is 45.1 Å². The Morgan fingerprint density at radius 3 is 2.66 bits per heavy atom. The molecule has 0 bridgehead atoms.